The largest absolute Gasteiger partial charge is 0.462 e. The number of esters is 1. The molecule has 2 aliphatic rings. The number of rotatable bonds is 0. The summed E-state index contributed by atoms with van der Waals surface area (Å²) < 4.78 is 10.9. The van der Waals surface area contributed by atoms with Crippen molar-refractivity contribution in [3.8, 4) is 0 Å². The van der Waals surface area contributed by atoms with E-state index in [2.05, 4.69) is 0 Å². The number of ketones is 1. The Kier molecular flexibility index (Phi) is 6.72. The lowest BCUT2D eigenvalue weighted by Crippen LogP contribution is -2.47. The van der Waals surface area contributed by atoms with Gasteiger partial charge in [0.1, 0.15) is 6.10 Å². The molecule has 0 saturated carbocycles. The van der Waals surface area contributed by atoms with E-state index in [1.807, 2.05) is 0 Å². The molecule has 7 nitrogen and oxygen atoms in total. The zero-order valence-electron chi connectivity index (χ0n) is 17.1. The molecular formula is C20H34O7. The Labute approximate surface area is 161 Å². The van der Waals surface area contributed by atoms with Gasteiger partial charge in [0.15, 0.2) is 11.4 Å². The van der Waals surface area contributed by atoms with Crippen LogP contribution in [0.5, 0.6) is 0 Å². The van der Waals surface area contributed by atoms with Crippen molar-refractivity contribution in [1.82, 2.24) is 0 Å². The normalized spacial score (nSPS) is 50.2. The summed E-state index contributed by atoms with van der Waals surface area (Å²) in [6, 6.07) is 0. The number of ether oxygens (including phenoxy) is 2. The quantitative estimate of drug-likeness (QED) is 0.419. The molecule has 3 N–H and O–H groups in total. The first-order valence-corrected chi connectivity index (χ1v) is 9.86. The molecule has 7 heteroatoms. The number of cyclic esters (lactones) is 1. The first-order chi connectivity index (χ1) is 12.4. The molecule has 2 fully saturated rings. The van der Waals surface area contributed by atoms with E-state index in [-0.39, 0.29) is 18.3 Å². The van der Waals surface area contributed by atoms with E-state index in [1.54, 1.807) is 41.5 Å². The molecular weight excluding hydrogens is 352 g/mol. The monoisotopic (exact) mass is 386 g/mol. The number of aliphatic hydroxyl groups excluding tert-OH is 3. The molecule has 0 aromatic carbocycles. The van der Waals surface area contributed by atoms with E-state index in [9.17, 15) is 24.9 Å². The SMILES string of the molecule is C[C@@H]1[C@@H](O)[C@@H](C)C[C@@]2(CO2)C(=O)[C@H](C)[C@@H](O)[C@H](C)[C@@H](C)OC(=O)[C@H](C)[C@H]1O. The summed E-state index contributed by atoms with van der Waals surface area (Å²) in [5.74, 6) is -3.65. The standard InChI is InChI=1S/C20H34O7/c1-9-7-20(8-26-20)18(24)12(4)16(22)10(2)14(6)27-19(25)13(5)17(23)11(3)15(9)21/h9-17,21-23H,7-8H2,1-6H3/t9-,10+,11+,12+,13+,14+,15-,16-,17-,20+/m0/s1. The smallest absolute Gasteiger partial charge is 0.311 e. The fourth-order valence-corrected chi connectivity index (χ4v) is 4.10. The zero-order valence-corrected chi connectivity index (χ0v) is 17.1. The van der Waals surface area contributed by atoms with Gasteiger partial charge < -0.3 is 24.8 Å². The van der Waals surface area contributed by atoms with E-state index in [0.717, 1.165) is 0 Å². The van der Waals surface area contributed by atoms with Gasteiger partial charge in [-0.2, -0.15) is 0 Å². The van der Waals surface area contributed by atoms with Crippen molar-refractivity contribution in [1.29, 1.82) is 0 Å². The second-order valence-corrected chi connectivity index (χ2v) is 8.74. The third kappa shape index (κ3) is 4.36. The number of carbonyl (C=O) groups is 2. The Balaban J connectivity index is 2.34. The number of Topliss-reactive ketones (excluding diaryl/α,β-unsaturated/α-hetero) is 1. The Morgan fingerprint density at radius 3 is 1.89 bits per heavy atom. The Hall–Kier alpha value is -1.02. The molecule has 0 amide bonds. The van der Waals surface area contributed by atoms with Gasteiger partial charge in [-0.3, -0.25) is 9.59 Å². The lowest BCUT2D eigenvalue weighted by Gasteiger charge is -2.35. The van der Waals surface area contributed by atoms with Gasteiger partial charge in [0, 0.05) is 17.8 Å². The molecule has 10 atom stereocenters. The van der Waals surface area contributed by atoms with Crippen molar-refractivity contribution < 1.29 is 34.4 Å². The molecule has 1 spiro atoms. The molecule has 2 heterocycles. The molecule has 2 saturated heterocycles. The van der Waals surface area contributed by atoms with E-state index in [1.165, 1.54) is 0 Å². The van der Waals surface area contributed by atoms with Crippen LogP contribution in [0.1, 0.15) is 48.0 Å². The van der Waals surface area contributed by atoms with Crippen molar-refractivity contribution in [2.75, 3.05) is 6.61 Å². The van der Waals surface area contributed by atoms with E-state index in [4.69, 9.17) is 9.47 Å². The minimum Gasteiger partial charge on any atom is -0.462 e. The molecule has 2 rings (SSSR count). The minimum absolute atomic E-state index is 0.196. The third-order valence-electron chi connectivity index (χ3n) is 6.65. The minimum atomic E-state index is -1.09. The fraction of sp³-hybridized carbons (Fsp3) is 0.900. The summed E-state index contributed by atoms with van der Waals surface area (Å²) in [5.41, 5.74) is -0.985. The van der Waals surface area contributed by atoms with Crippen molar-refractivity contribution in [3.63, 3.8) is 0 Å². The lowest BCUT2D eigenvalue weighted by atomic mass is 9.76. The van der Waals surface area contributed by atoms with Crippen LogP contribution in [-0.4, -0.2) is 63.7 Å². The van der Waals surface area contributed by atoms with Crippen LogP contribution in [0.15, 0.2) is 0 Å². The van der Waals surface area contributed by atoms with Gasteiger partial charge in [0.2, 0.25) is 0 Å². The Morgan fingerprint density at radius 2 is 1.37 bits per heavy atom. The average Bonchev–Trinajstić information content (AvgIpc) is 3.42. The number of carbonyl (C=O) groups excluding carboxylic acids is 2. The molecule has 0 radical (unpaired) electrons. The molecule has 2 aliphatic heterocycles. The molecule has 0 bridgehead atoms. The topological polar surface area (TPSA) is 117 Å². The summed E-state index contributed by atoms with van der Waals surface area (Å²) >= 11 is 0. The maximum Gasteiger partial charge on any atom is 0.311 e. The summed E-state index contributed by atoms with van der Waals surface area (Å²) in [6.07, 6.45) is -3.32. The predicted octanol–water partition coefficient (Wildman–Crippen LogP) is 0.923. The van der Waals surface area contributed by atoms with Crippen LogP contribution >= 0.6 is 0 Å². The molecule has 0 aromatic rings. The van der Waals surface area contributed by atoms with Crippen LogP contribution in [-0.2, 0) is 19.1 Å². The van der Waals surface area contributed by atoms with Crippen LogP contribution in [0.4, 0.5) is 0 Å². The maximum atomic E-state index is 13.0. The summed E-state index contributed by atoms with van der Waals surface area (Å²) in [7, 11) is 0. The Morgan fingerprint density at radius 1 is 0.852 bits per heavy atom. The third-order valence-corrected chi connectivity index (χ3v) is 6.65. The van der Waals surface area contributed by atoms with Crippen molar-refractivity contribution in [3.05, 3.63) is 0 Å². The number of hydrogen-bond acceptors (Lipinski definition) is 7. The number of aliphatic hydroxyl groups is 3. The summed E-state index contributed by atoms with van der Waals surface area (Å²) in [5, 5.41) is 31.9. The fourth-order valence-electron chi connectivity index (χ4n) is 4.10. The average molecular weight is 386 g/mol. The number of epoxide rings is 1. The van der Waals surface area contributed by atoms with Crippen LogP contribution in [0, 0.1) is 29.6 Å². The van der Waals surface area contributed by atoms with Gasteiger partial charge >= 0.3 is 5.97 Å². The van der Waals surface area contributed by atoms with E-state index < -0.39 is 59.7 Å². The van der Waals surface area contributed by atoms with Crippen LogP contribution < -0.4 is 0 Å². The van der Waals surface area contributed by atoms with Crippen molar-refractivity contribution in [2.45, 2.75) is 78.0 Å². The predicted molar refractivity (Wildman–Crippen MR) is 97.7 cm³/mol. The highest BCUT2D eigenvalue weighted by molar-refractivity contribution is 5.92. The van der Waals surface area contributed by atoms with Gasteiger partial charge in [0.25, 0.3) is 0 Å². The maximum absolute atomic E-state index is 13.0. The molecule has 0 aromatic heterocycles. The van der Waals surface area contributed by atoms with E-state index >= 15 is 0 Å². The Bertz CT molecular complexity index is 559. The molecule has 27 heavy (non-hydrogen) atoms. The second kappa shape index (κ2) is 8.15. The molecule has 0 unspecified atom stereocenters. The van der Waals surface area contributed by atoms with Crippen LogP contribution in [0.25, 0.3) is 0 Å². The summed E-state index contributed by atoms with van der Waals surface area (Å²) in [6.45, 7) is 10.4. The molecule has 0 aliphatic carbocycles. The highest BCUT2D eigenvalue weighted by Crippen LogP contribution is 2.41. The second-order valence-electron chi connectivity index (χ2n) is 8.74. The zero-order chi connectivity index (χ0) is 20.7. The van der Waals surface area contributed by atoms with Gasteiger partial charge in [0.05, 0.1) is 30.8 Å². The van der Waals surface area contributed by atoms with Gasteiger partial charge in [-0.25, -0.2) is 0 Å². The summed E-state index contributed by atoms with van der Waals surface area (Å²) in [4.78, 5) is 25.4. The molecule has 156 valence electrons. The van der Waals surface area contributed by atoms with Crippen LogP contribution in [0.2, 0.25) is 0 Å². The first-order valence-electron chi connectivity index (χ1n) is 9.86. The van der Waals surface area contributed by atoms with Crippen LogP contribution in [0.3, 0.4) is 0 Å². The number of hydrogen-bond donors (Lipinski definition) is 3. The van der Waals surface area contributed by atoms with E-state index in [0.29, 0.717) is 6.42 Å². The van der Waals surface area contributed by atoms with Crippen molar-refractivity contribution in [2.24, 2.45) is 29.6 Å². The highest BCUT2D eigenvalue weighted by atomic mass is 16.6. The lowest BCUT2D eigenvalue weighted by molar-refractivity contribution is -0.165. The highest BCUT2D eigenvalue weighted by Gasteiger charge is 2.56. The van der Waals surface area contributed by atoms with Gasteiger partial charge in [-0.1, -0.05) is 27.7 Å². The van der Waals surface area contributed by atoms with Gasteiger partial charge in [-0.05, 0) is 26.2 Å². The van der Waals surface area contributed by atoms with Gasteiger partial charge in [-0.15, -0.1) is 0 Å². The first kappa shape index (κ1) is 22.3. The van der Waals surface area contributed by atoms with Crippen molar-refractivity contribution >= 4 is 11.8 Å².